The largest absolute Gasteiger partial charge is 0.394 e. The lowest BCUT2D eigenvalue weighted by atomic mass is 10.0. The Morgan fingerprint density at radius 1 is 1.05 bits per heavy atom. The topological polar surface area (TPSA) is 40.5 Å². The van der Waals surface area contributed by atoms with E-state index in [1.54, 1.807) is 20.9 Å². The van der Waals surface area contributed by atoms with Gasteiger partial charge in [0.1, 0.15) is 0 Å². The first kappa shape index (κ1) is 22.2. The Balaban J connectivity index is 4.71. The fraction of sp³-hybridized carbons (Fsp3) is 0.917. The molecule has 1 N–H and O–H groups in total. The molecular formula is C12H19Cl6NO2. The zero-order valence-electron chi connectivity index (χ0n) is 11.9. The maximum absolute atomic E-state index is 12.2. The molecule has 0 aromatic carbocycles. The third kappa shape index (κ3) is 8.01. The molecule has 0 saturated carbocycles. The Morgan fingerprint density at radius 3 is 1.81 bits per heavy atom. The molecule has 0 aromatic heterocycles. The van der Waals surface area contributed by atoms with Crippen molar-refractivity contribution < 1.29 is 9.90 Å². The number of rotatable bonds is 6. The van der Waals surface area contributed by atoms with Gasteiger partial charge in [0, 0.05) is 25.3 Å². The van der Waals surface area contributed by atoms with E-state index >= 15 is 0 Å². The predicted molar refractivity (Wildman–Crippen MR) is 91.8 cm³/mol. The van der Waals surface area contributed by atoms with Crippen LogP contribution in [-0.4, -0.2) is 43.2 Å². The molecule has 0 saturated heterocycles. The molecule has 0 radical (unpaired) electrons. The van der Waals surface area contributed by atoms with E-state index in [-0.39, 0.29) is 24.9 Å². The Morgan fingerprint density at radius 2 is 1.48 bits per heavy atom. The van der Waals surface area contributed by atoms with Gasteiger partial charge in [-0.25, -0.2) is 0 Å². The van der Waals surface area contributed by atoms with Gasteiger partial charge in [-0.2, -0.15) is 0 Å². The molecule has 1 amide bonds. The lowest BCUT2D eigenvalue weighted by molar-refractivity contribution is -0.134. The summed E-state index contributed by atoms with van der Waals surface area (Å²) in [5, 5.41) is 9.45. The molecule has 0 aromatic rings. The highest BCUT2D eigenvalue weighted by Gasteiger charge is 2.35. The molecular weight excluding hydrogens is 403 g/mol. The van der Waals surface area contributed by atoms with Gasteiger partial charge >= 0.3 is 0 Å². The lowest BCUT2D eigenvalue weighted by Crippen LogP contribution is -2.42. The number of carbonyl (C=O) groups excluding carboxylic acids is 1. The van der Waals surface area contributed by atoms with Crippen molar-refractivity contribution in [2.75, 3.05) is 13.7 Å². The number of aliphatic hydroxyl groups is 1. The minimum Gasteiger partial charge on any atom is -0.394 e. The van der Waals surface area contributed by atoms with E-state index in [9.17, 15) is 9.90 Å². The van der Waals surface area contributed by atoms with E-state index < -0.39 is 19.5 Å². The second-order valence-electron chi connectivity index (χ2n) is 5.17. The fourth-order valence-corrected chi connectivity index (χ4v) is 2.12. The highest BCUT2D eigenvalue weighted by Crippen LogP contribution is 2.39. The maximum atomic E-state index is 12.2. The third-order valence-electron chi connectivity index (χ3n) is 3.38. The Hall–Kier alpha value is 1.17. The second-order valence-corrected chi connectivity index (χ2v) is 9.90. The van der Waals surface area contributed by atoms with Crippen molar-refractivity contribution in [3.05, 3.63) is 0 Å². The van der Waals surface area contributed by atoms with E-state index in [4.69, 9.17) is 69.6 Å². The molecule has 0 unspecified atom stereocenters. The van der Waals surface area contributed by atoms with Gasteiger partial charge in [0.25, 0.3) is 0 Å². The van der Waals surface area contributed by atoms with Gasteiger partial charge in [-0.05, 0) is 6.42 Å². The predicted octanol–water partition coefficient (Wildman–Crippen LogP) is 4.60. The van der Waals surface area contributed by atoms with Gasteiger partial charge in [-0.1, -0.05) is 83.5 Å². The molecule has 0 heterocycles. The second kappa shape index (κ2) is 8.86. The molecule has 21 heavy (non-hydrogen) atoms. The summed E-state index contributed by atoms with van der Waals surface area (Å²) in [6, 6.07) is -0.467. The average molecular weight is 422 g/mol. The number of hydrogen-bond acceptors (Lipinski definition) is 2. The van der Waals surface area contributed by atoms with Crippen molar-refractivity contribution in [1.82, 2.24) is 4.90 Å². The van der Waals surface area contributed by atoms with Crippen LogP contribution in [0.1, 0.15) is 26.7 Å². The summed E-state index contributed by atoms with van der Waals surface area (Å²) in [6.45, 7) is 3.16. The summed E-state index contributed by atoms with van der Waals surface area (Å²) in [4.78, 5) is 13.6. The number of alkyl halides is 6. The first-order valence-corrected chi connectivity index (χ1v) is 8.57. The summed E-state index contributed by atoms with van der Waals surface area (Å²) >= 11 is 34.7. The van der Waals surface area contributed by atoms with Crippen LogP contribution in [0.5, 0.6) is 0 Å². The lowest BCUT2D eigenvalue weighted by Gasteiger charge is -2.32. The fourth-order valence-electron chi connectivity index (χ4n) is 1.62. The summed E-state index contributed by atoms with van der Waals surface area (Å²) in [5.41, 5.74) is 0. The van der Waals surface area contributed by atoms with Crippen LogP contribution in [0.15, 0.2) is 0 Å². The van der Waals surface area contributed by atoms with Crippen molar-refractivity contribution in [3.63, 3.8) is 0 Å². The normalized spacial score (nSPS) is 17.2. The monoisotopic (exact) mass is 419 g/mol. The van der Waals surface area contributed by atoms with Crippen LogP contribution in [0.4, 0.5) is 0 Å². The highest BCUT2D eigenvalue weighted by atomic mass is 35.6. The smallest absolute Gasteiger partial charge is 0.223 e. The summed E-state index contributed by atoms with van der Waals surface area (Å²) in [6.07, 6.45) is 0.392. The molecule has 0 aliphatic rings. The van der Waals surface area contributed by atoms with Gasteiger partial charge in [0.2, 0.25) is 5.91 Å². The first-order chi connectivity index (χ1) is 9.30. The van der Waals surface area contributed by atoms with Crippen LogP contribution in [0.2, 0.25) is 0 Å². The number of aliphatic hydroxyl groups excluding tert-OH is 1. The molecule has 0 aliphatic carbocycles. The molecule has 0 spiro atoms. The highest BCUT2D eigenvalue weighted by molar-refractivity contribution is 6.68. The minimum absolute atomic E-state index is 0.0473. The third-order valence-corrected chi connectivity index (χ3v) is 5.61. The molecule has 0 fully saturated rings. The van der Waals surface area contributed by atoms with E-state index in [0.717, 1.165) is 0 Å². The standard InChI is InChI=1S/C12H19Cl6NO2/c1-7(11(13,14)15)4-9(6-20)19(3)10(21)5-8(2)12(16,17)18/h7-9,20H,4-6H2,1-3H3/t7-,8-,9+/m0/s1. The van der Waals surface area contributed by atoms with E-state index in [2.05, 4.69) is 0 Å². The van der Waals surface area contributed by atoms with E-state index in [1.807, 2.05) is 0 Å². The first-order valence-electron chi connectivity index (χ1n) is 6.30. The summed E-state index contributed by atoms with van der Waals surface area (Å²) < 4.78 is -2.97. The molecule has 0 rings (SSSR count). The van der Waals surface area contributed by atoms with Crippen LogP contribution in [0.25, 0.3) is 0 Å². The zero-order valence-corrected chi connectivity index (χ0v) is 16.5. The minimum atomic E-state index is -1.52. The number of amides is 1. The van der Waals surface area contributed by atoms with Crippen LogP contribution in [0.3, 0.4) is 0 Å². The molecule has 9 heteroatoms. The summed E-state index contributed by atoms with van der Waals surface area (Å²) in [5.74, 6) is -1.03. The average Bonchev–Trinajstić information content (AvgIpc) is 2.32. The Bertz CT molecular complexity index is 342. The van der Waals surface area contributed by atoms with Gasteiger partial charge in [0.15, 0.2) is 7.59 Å². The molecule has 0 aliphatic heterocycles. The summed E-state index contributed by atoms with van der Waals surface area (Å²) in [7, 11) is 1.57. The Kier molecular flexibility index (Phi) is 9.36. The Labute approximate surface area is 155 Å². The van der Waals surface area contributed by atoms with E-state index in [0.29, 0.717) is 6.42 Å². The van der Waals surface area contributed by atoms with Crippen molar-refractivity contribution in [1.29, 1.82) is 0 Å². The number of likely N-dealkylation sites (N-methyl/N-ethyl adjacent to an activating group) is 1. The molecule has 126 valence electrons. The van der Waals surface area contributed by atoms with E-state index in [1.165, 1.54) is 4.90 Å². The van der Waals surface area contributed by atoms with Crippen LogP contribution in [-0.2, 0) is 4.79 Å². The van der Waals surface area contributed by atoms with Gasteiger partial charge in [0.05, 0.1) is 12.6 Å². The van der Waals surface area contributed by atoms with Crippen molar-refractivity contribution >= 4 is 75.5 Å². The quantitative estimate of drug-likeness (QED) is 0.637. The number of carbonyl (C=O) groups is 1. The van der Waals surface area contributed by atoms with Gasteiger partial charge in [-0.15, -0.1) is 0 Å². The SMILES string of the molecule is C[C@@H](CC(=O)N(C)[C@@H](CO)C[C@H](C)C(Cl)(Cl)Cl)C(Cl)(Cl)Cl. The van der Waals surface area contributed by atoms with Crippen LogP contribution >= 0.6 is 69.6 Å². The van der Waals surface area contributed by atoms with Crippen molar-refractivity contribution in [2.45, 2.75) is 40.3 Å². The maximum Gasteiger partial charge on any atom is 0.223 e. The number of halogens is 6. The number of hydrogen-bond donors (Lipinski definition) is 1. The molecule has 3 atom stereocenters. The molecule has 3 nitrogen and oxygen atoms in total. The zero-order chi connectivity index (χ0) is 17.0. The molecule has 0 bridgehead atoms. The van der Waals surface area contributed by atoms with Crippen LogP contribution < -0.4 is 0 Å². The van der Waals surface area contributed by atoms with Gasteiger partial charge < -0.3 is 10.0 Å². The van der Waals surface area contributed by atoms with Gasteiger partial charge in [-0.3, -0.25) is 4.79 Å². The number of nitrogens with zero attached hydrogens (tertiary/aromatic N) is 1. The van der Waals surface area contributed by atoms with Crippen LogP contribution in [0, 0.1) is 11.8 Å². The van der Waals surface area contributed by atoms with Crippen molar-refractivity contribution in [3.8, 4) is 0 Å². The van der Waals surface area contributed by atoms with Crippen molar-refractivity contribution in [2.24, 2.45) is 11.8 Å².